The molecule has 0 radical (unpaired) electrons. The summed E-state index contributed by atoms with van der Waals surface area (Å²) in [5.74, 6) is -1.37. The second kappa shape index (κ2) is 7.19. The average Bonchev–Trinajstić information content (AvgIpc) is 3.29. The van der Waals surface area contributed by atoms with Gasteiger partial charge in [-0.1, -0.05) is 0 Å². The van der Waals surface area contributed by atoms with Gasteiger partial charge in [0.25, 0.3) is 5.91 Å². The van der Waals surface area contributed by atoms with Crippen molar-refractivity contribution in [2.75, 3.05) is 0 Å². The highest BCUT2D eigenvalue weighted by Gasteiger charge is 2.44. The maximum atomic E-state index is 14.0. The summed E-state index contributed by atoms with van der Waals surface area (Å²) < 4.78 is 31.2. The summed E-state index contributed by atoms with van der Waals surface area (Å²) in [5.41, 5.74) is 4.00. The molecule has 7 nitrogen and oxygen atoms in total. The number of amides is 1. The van der Waals surface area contributed by atoms with E-state index in [1.165, 1.54) is 12.1 Å². The maximum absolute atomic E-state index is 14.0. The van der Waals surface area contributed by atoms with Crippen molar-refractivity contribution in [3.63, 3.8) is 0 Å². The van der Waals surface area contributed by atoms with E-state index in [4.69, 9.17) is 5.10 Å². The Morgan fingerprint density at radius 1 is 1.06 bits per heavy atom. The highest BCUT2D eigenvalue weighted by molar-refractivity contribution is 6.04. The molecular weight excluding hydrogens is 426 g/mol. The molecule has 0 N–H and O–H groups in total. The fourth-order valence-corrected chi connectivity index (χ4v) is 5.57. The molecule has 1 fully saturated rings. The number of fused-ring (bicyclic) bond motifs is 5. The molecule has 5 heterocycles. The molecule has 1 aromatic carbocycles. The third kappa shape index (κ3) is 2.98. The number of carbonyl (C=O) groups excluding carboxylic acids is 1. The maximum Gasteiger partial charge on any atom is 0.275 e. The lowest BCUT2D eigenvalue weighted by molar-refractivity contribution is 0.0387. The van der Waals surface area contributed by atoms with Crippen LogP contribution in [0.15, 0.2) is 36.5 Å². The minimum absolute atomic E-state index is 0.0289. The molecule has 2 atom stereocenters. The van der Waals surface area contributed by atoms with Crippen LogP contribution in [0.25, 0.3) is 22.3 Å². The predicted molar refractivity (Wildman–Crippen MR) is 117 cm³/mol. The van der Waals surface area contributed by atoms with Gasteiger partial charge in [-0.2, -0.15) is 10.2 Å². The molecule has 33 heavy (non-hydrogen) atoms. The molecular formula is C24H22F2N6O. The fourth-order valence-electron chi connectivity index (χ4n) is 5.57. The monoisotopic (exact) mass is 448 g/mol. The highest BCUT2D eigenvalue weighted by atomic mass is 19.1. The molecule has 4 aromatic rings. The molecule has 0 spiro atoms. The second-order valence-corrected chi connectivity index (χ2v) is 8.86. The Morgan fingerprint density at radius 2 is 1.85 bits per heavy atom. The van der Waals surface area contributed by atoms with Crippen LogP contribution in [-0.4, -0.2) is 41.4 Å². The summed E-state index contributed by atoms with van der Waals surface area (Å²) in [7, 11) is 3.56. The number of pyridine rings is 1. The Hall–Kier alpha value is -3.62. The smallest absolute Gasteiger partial charge is 0.275 e. The number of carbonyl (C=O) groups is 1. The molecule has 0 aliphatic carbocycles. The SMILES string of the molecule is Cn1nc2c(c1-c1cc(F)cc(F)c1)C[C@@H]1CCC[C@H]2N1C(=O)c1nn(C)c2ncccc12. The Labute approximate surface area is 188 Å². The Balaban J connectivity index is 1.46. The summed E-state index contributed by atoms with van der Waals surface area (Å²) >= 11 is 0. The van der Waals surface area contributed by atoms with Crippen LogP contribution in [0.4, 0.5) is 8.78 Å². The largest absolute Gasteiger partial charge is 0.325 e. The lowest BCUT2D eigenvalue weighted by Crippen LogP contribution is -2.50. The molecule has 9 heteroatoms. The first-order valence-electron chi connectivity index (χ1n) is 11.0. The van der Waals surface area contributed by atoms with Gasteiger partial charge < -0.3 is 4.90 Å². The van der Waals surface area contributed by atoms with Crippen molar-refractivity contribution >= 4 is 16.9 Å². The van der Waals surface area contributed by atoms with Gasteiger partial charge in [0.15, 0.2) is 11.3 Å². The van der Waals surface area contributed by atoms with Crippen LogP contribution in [-0.2, 0) is 20.5 Å². The van der Waals surface area contributed by atoms with E-state index in [1.807, 2.05) is 11.0 Å². The zero-order valence-corrected chi connectivity index (χ0v) is 18.3. The van der Waals surface area contributed by atoms with E-state index >= 15 is 0 Å². The molecule has 2 aliphatic rings. The van der Waals surface area contributed by atoms with Crippen LogP contribution in [0, 0.1) is 11.6 Å². The number of hydrogen-bond acceptors (Lipinski definition) is 4. The lowest BCUT2D eigenvalue weighted by Gasteiger charge is -2.45. The molecule has 0 unspecified atom stereocenters. The van der Waals surface area contributed by atoms with E-state index in [1.54, 1.807) is 35.7 Å². The zero-order chi connectivity index (χ0) is 22.9. The van der Waals surface area contributed by atoms with Crippen molar-refractivity contribution in [3.05, 3.63) is 65.1 Å². The van der Waals surface area contributed by atoms with Gasteiger partial charge in [0.1, 0.15) is 11.6 Å². The number of halogens is 2. The van der Waals surface area contributed by atoms with Crippen molar-refractivity contribution in [2.24, 2.45) is 14.1 Å². The van der Waals surface area contributed by atoms with Crippen molar-refractivity contribution in [3.8, 4) is 11.3 Å². The van der Waals surface area contributed by atoms with Gasteiger partial charge in [0.05, 0.1) is 22.8 Å². The van der Waals surface area contributed by atoms with E-state index in [-0.39, 0.29) is 18.0 Å². The average molecular weight is 448 g/mol. The Morgan fingerprint density at radius 3 is 2.64 bits per heavy atom. The number of hydrogen-bond donors (Lipinski definition) is 0. The van der Waals surface area contributed by atoms with E-state index in [0.29, 0.717) is 29.0 Å². The lowest BCUT2D eigenvalue weighted by atomic mass is 9.81. The Bertz CT molecular complexity index is 1400. The van der Waals surface area contributed by atoms with Crippen LogP contribution in [0.3, 0.4) is 0 Å². The minimum atomic E-state index is -0.622. The van der Waals surface area contributed by atoms with Gasteiger partial charge >= 0.3 is 0 Å². The number of piperidine rings is 1. The summed E-state index contributed by atoms with van der Waals surface area (Å²) in [6.07, 6.45) is 4.90. The summed E-state index contributed by atoms with van der Waals surface area (Å²) in [6.45, 7) is 0. The zero-order valence-electron chi connectivity index (χ0n) is 18.3. The van der Waals surface area contributed by atoms with Gasteiger partial charge in [-0.15, -0.1) is 0 Å². The molecule has 1 amide bonds. The molecule has 2 aliphatic heterocycles. The van der Waals surface area contributed by atoms with E-state index in [2.05, 4.69) is 10.1 Å². The minimum Gasteiger partial charge on any atom is -0.325 e. The molecule has 1 saturated heterocycles. The van der Waals surface area contributed by atoms with Crippen molar-refractivity contribution < 1.29 is 13.6 Å². The van der Waals surface area contributed by atoms with Crippen molar-refractivity contribution in [2.45, 2.75) is 37.8 Å². The molecule has 3 aromatic heterocycles. The van der Waals surface area contributed by atoms with Crippen LogP contribution < -0.4 is 0 Å². The number of aryl methyl sites for hydroxylation is 2. The molecule has 0 saturated carbocycles. The summed E-state index contributed by atoms with van der Waals surface area (Å²) in [4.78, 5) is 20.1. The topological polar surface area (TPSA) is 68.8 Å². The van der Waals surface area contributed by atoms with Gasteiger partial charge in [0.2, 0.25) is 0 Å². The Kier molecular flexibility index (Phi) is 4.36. The quantitative estimate of drug-likeness (QED) is 0.466. The van der Waals surface area contributed by atoms with E-state index in [9.17, 15) is 13.6 Å². The van der Waals surface area contributed by atoms with Crippen LogP contribution >= 0.6 is 0 Å². The first-order valence-corrected chi connectivity index (χ1v) is 11.0. The standard InChI is InChI=1S/C24H22F2N6O/c1-30-22(13-9-14(25)11-15(26)10-13)18-12-16-5-3-7-19(20(18)28-30)32(16)24(33)21-17-6-4-8-27-23(17)31(2)29-21/h4,6,8-11,16,19H,3,5,7,12H2,1-2H3/t16-,19+/m0/s1. The van der Waals surface area contributed by atoms with Crippen LogP contribution in [0.5, 0.6) is 0 Å². The molecule has 168 valence electrons. The third-order valence-electron chi connectivity index (χ3n) is 6.85. The highest BCUT2D eigenvalue weighted by Crippen LogP contribution is 2.45. The first-order chi connectivity index (χ1) is 15.9. The van der Waals surface area contributed by atoms with Gasteiger partial charge in [0, 0.05) is 43.5 Å². The van der Waals surface area contributed by atoms with E-state index < -0.39 is 11.6 Å². The summed E-state index contributed by atoms with van der Waals surface area (Å²) in [6, 6.07) is 6.98. The number of nitrogens with zero attached hydrogens (tertiary/aromatic N) is 6. The number of rotatable bonds is 2. The van der Waals surface area contributed by atoms with Gasteiger partial charge in [-0.25, -0.2) is 18.4 Å². The van der Waals surface area contributed by atoms with Crippen molar-refractivity contribution in [1.82, 2.24) is 29.4 Å². The van der Waals surface area contributed by atoms with E-state index in [0.717, 1.165) is 42.0 Å². The van der Waals surface area contributed by atoms with Crippen molar-refractivity contribution in [1.29, 1.82) is 0 Å². The van der Waals surface area contributed by atoms with Crippen LogP contribution in [0.2, 0.25) is 0 Å². The summed E-state index contributed by atoms with van der Waals surface area (Å²) in [5, 5.41) is 9.96. The third-order valence-corrected chi connectivity index (χ3v) is 6.85. The normalized spacial score (nSPS) is 19.7. The molecule has 6 rings (SSSR count). The fraction of sp³-hybridized carbons (Fsp3) is 0.333. The predicted octanol–water partition coefficient (Wildman–Crippen LogP) is 3.94. The number of aromatic nitrogens is 5. The second-order valence-electron chi connectivity index (χ2n) is 8.86. The van der Waals surface area contributed by atoms with Gasteiger partial charge in [-0.3, -0.25) is 9.48 Å². The number of benzene rings is 1. The molecule has 2 bridgehead atoms. The van der Waals surface area contributed by atoms with Crippen LogP contribution in [0.1, 0.15) is 47.1 Å². The van der Waals surface area contributed by atoms with Gasteiger partial charge in [-0.05, 0) is 49.9 Å². The first kappa shape index (κ1) is 20.0.